The molecular weight excluding hydrogens is 330 g/mol. The zero-order valence-electron chi connectivity index (χ0n) is 15.6. The van der Waals surface area contributed by atoms with E-state index in [0.29, 0.717) is 25.5 Å². The lowest BCUT2D eigenvalue weighted by Crippen LogP contribution is -2.40. The second-order valence-electron chi connectivity index (χ2n) is 7.66. The number of carbonyl (C=O) groups is 1. The molecule has 0 spiro atoms. The van der Waals surface area contributed by atoms with Crippen LogP contribution in [0.25, 0.3) is 0 Å². The smallest absolute Gasteiger partial charge is 0.290 e. The van der Waals surface area contributed by atoms with Gasteiger partial charge in [0.05, 0.1) is 24.8 Å². The minimum Gasteiger partial charge on any atom is -0.459 e. The van der Waals surface area contributed by atoms with Crippen molar-refractivity contribution in [2.45, 2.75) is 51.6 Å². The van der Waals surface area contributed by atoms with Gasteiger partial charge in [-0.2, -0.15) is 5.10 Å². The summed E-state index contributed by atoms with van der Waals surface area (Å²) in [5.41, 5.74) is 3.26. The topological polar surface area (TPSA) is 60.5 Å². The van der Waals surface area contributed by atoms with Crippen LogP contribution >= 0.6 is 0 Å². The van der Waals surface area contributed by atoms with Crippen LogP contribution in [0.5, 0.6) is 0 Å². The van der Waals surface area contributed by atoms with Crippen molar-refractivity contribution in [1.82, 2.24) is 14.7 Å². The first-order chi connectivity index (χ1) is 12.7. The molecule has 1 aliphatic carbocycles. The maximum atomic E-state index is 12.9. The van der Waals surface area contributed by atoms with Crippen molar-refractivity contribution in [2.75, 3.05) is 20.3 Å². The van der Waals surface area contributed by atoms with Crippen molar-refractivity contribution in [3.63, 3.8) is 0 Å². The molecule has 0 unspecified atom stereocenters. The lowest BCUT2D eigenvalue weighted by molar-refractivity contribution is 0.0642. The van der Waals surface area contributed by atoms with Crippen LogP contribution in [0.3, 0.4) is 0 Å². The van der Waals surface area contributed by atoms with Gasteiger partial charge in [-0.15, -0.1) is 0 Å². The van der Waals surface area contributed by atoms with E-state index in [0.717, 1.165) is 23.6 Å². The lowest BCUT2D eigenvalue weighted by Gasteiger charge is -2.33. The molecule has 1 saturated carbocycles. The predicted molar refractivity (Wildman–Crippen MR) is 97.0 cm³/mol. The van der Waals surface area contributed by atoms with Crippen molar-refractivity contribution in [3.8, 4) is 0 Å². The van der Waals surface area contributed by atoms with E-state index in [-0.39, 0.29) is 11.8 Å². The summed E-state index contributed by atoms with van der Waals surface area (Å²) in [6.07, 6.45) is 8.77. The summed E-state index contributed by atoms with van der Waals surface area (Å²) in [5.74, 6) is 1.25. The highest BCUT2D eigenvalue weighted by Gasteiger charge is 2.34. The maximum absolute atomic E-state index is 12.9. The van der Waals surface area contributed by atoms with Gasteiger partial charge in [0.15, 0.2) is 5.76 Å². The predicted octanol–water partition coefficient (Wildman–Crippen LogP) is 3.36. The largest absolute Gasteiger partial charge is 0.459 e. The van der Waals surface area contributed by atoms with Gasteiger partial charge in [0.1, 0.15) is 0 Å². The number of fused-ring (bicyclic) bond motifs is 1. The Morgan fingerprint density at radius 1 is 1.38 bits per heavy atom. The lowest BCUT2D eigenvalue weighted by atomic mass is 9.96. The van der Waals surface area contributed by atoms with Crippen molar-refractivity contribution >= 4 is 5.91 Å². The molecule has 1 atom stereocenters. The second-order valence-corrected chi connectivity index (χ2v) is 7.66. The van der Waals surface area contributed by atoms with Crippen LogP contribution in [0.4, 0.5) is 0 Å². The van der Waals surface area contributed by atoms with E-state index in [9.17, 15) is 4.79 Å². The van der Waals surface area contributed by atoms with Gasteiger partial charge < -0.3 is 14.1 Å². The monoisotopic (exact) mass is 357 g/mol. The summed E-state index contributed by atoms with van der Waals surface area (Å²) in [4.78, 5) is 14.8. The first kappa shape index (κ1) is 17.3. The van der Waals surface area contributed by atoms with Gasteiger partial charge in [0.25, 0.3) is 5.91 Å². The standard InChI is InChI=1S/C20H27N3O3/c1-14-7-8-26-19(14)20(24)22-11-16-9-21-23(10-15-5-3-4-6-15)18(16)17(12-22)13-25-2/h7-9,15,17H,3-6,10-13H2,1-2H3/t17-/m0/s1. The molecule has 4 rings (SSSR count). The normalized spacial score (nSPS) is 20.5. The number of amides is 1. The summed E-state index contributed by atoms with van der Waals surface area (Å²) in [6.45, 7) is 4.69. The molecule has 1 amide bonds. The van der Waals surface area contributed by atoms with E-state index < -0.39 is 0 Å². The first-order valence-electron chi connectivity index (χ1n) is 9.54. The SMILES string of the molecule is COC[C@@H]1CN(C(=O)c2occc2C)Cc2cnn(CC3CCCC3)c21. The second kappa shape index (κ2) is 7.27. The quantitative estimate of drug-likeness (QED) is 0.823. The van der Waals surface area contributed by atoms with Gasteiger partial charge in [-0.25, -0.2) is 0 Å². The van der Waals surface area contributed by atoms with Gasteiger partial charge in [-0.3, -0.25) is 9.48 Å². The maximum Gasteiger partial charge on any atom is 0.290 e. The molecule has 0 saturated heterocycles. The number of hydrogen-bond acceptors (Lipinski definition) is 4. The summed E-state index contributed by atoms with van der Waals surface area (Å²) in [7, 11) is 1.72. The van der Waals surface area contributed by atoms with Gasteiger partial charge in [0.2, 0.25) is 0 Å². The highest BCUT2D eigenvalue weighted by Crippen LogP contribution is 2.32. The van der Waals surface area contributed by atoms with Crippen LogP contribution in [0.15, 0.2) is 22.9 Å². The molecular formula is C20H27N3O3. The third-order valence-electron chi connectivity index (χ3n) is 5.77. The van der Waals surface area contributed by atoms with Crippen LogP contribution in [0.1, 0.15) is 59.0 Å². The van der Waals surface area contributed by atoms with Gasteiger partial charge in [-0.1, -0.05) is 12.8 Å². The van der Waals surface area contributed by atoms with E-state index in [1.807, 2.05) is 24.1 Å². The van der Waals surface area contributed by atoms with Crippen molar-refractivity contribution in [2.24, 2.45) is 5.92 Å². The number of rotatable bonds is 5. The molecule has 26 heavy (non-hydrogen) atoms. The molecule has 2 aromatic heterocycles. The Balaban J connectivity index is 1.58. The Kier molecular flexibility index (Phi) is 4.85. The summed E-state index contributed by atoms with van der Waals surface area (Å²) >= 11 is 0. The highest BCUT2D eigenvalue weighted by atomic mass is 16.5. The average molecular weight is 357 g/mol. The van der Waals surface area contributed by atoms with E-state index >= 15 is 0 Å². The number of aryl methyl sites for hydroxylation is 1. The Morgan fingerprint density at radius 2 is 2.19 bits per heavy atom. The van der Waals surface area contributed by atoms with Crippen LogP contribution in [0.2, 0.25) is 0 Å². The molecule has 1 fully saturated rings. The minimum atomic E-state index is -0.0530. The number of nitrogens with zero attached hydrogens (tertiary/aromatic N) is 3. The van der Waals surface area contributed by atoms with E-state index in [1.165, 1.54) is 31.4 Å². The Bertz CT molecular complexity index is 773. The van der Waals surface area contributed by atoms with Gasteiger partial charge in [0, 0.05) is 43.8 Å². The average Bonchev–Trinajstić information content (AvgIpc) is 3.37. The number of carbonyl (C=O) groups excluding carboxylic acids is 1. The fraction of sp³-hybridized carbons (Fsp3) is 0.600. The number of hydrogen-bond donors (Lipinski definition) is 0. The molecule has 0 N–H and O–H groups in total. The molecule has 6 heteroatoms. The van der Waals surface area contributed by atoms with Crippen LogP contribution in [-0.2, 0) is 17.8 Å². The molecule has 0 radical (unpaired) electrons. The first-order valence-corrected chi connectivity index (χ1v) is 9.54. The number of methoxy groups -OCH3 is 1. The molecule has 1 aliphatic heterocycles. The van der Waals surface area contributed by atoms with Gasteiger partial charge >= 0.3 is 0 Å². The van der Waals surface area contributed by atoms with Crippen molar-refractivity contribution in [3.05, 3.63) is 41.1 Å². The third kappa shape index (κ3) is 3.18. The zero-order valence-corrected chi connectivity index (χ0v) is 15.6. The molecule has 6 nitrogen and oxygen atoms in total. The molecule has 3 heterocycles. The molecule has 0 aromatic carbocycles. The molecule has 2 aromatic rings. The van der Waals surface area contributed by atoms with Crippen LogP contribution in [0, 0.1) is 12.8 Å². The third-order valence-corrected chi connectivity index (χ3v) is 5.77. The summed E-state index contributed by atoms with van der Waals surface area (Å²) in [6, 6.07) is 1.83. The molecule has 0 bridgehead atoms. The van der Waals surface area contributed by atoms with E-state index in [2.05, 4.69) is 9.78 Å². The number of furan rings is 1. The van der Waals surface area contributed by atoms with Gasteiger partial charge in [-0.05, 0) is 31.7 Å². The van der Waals surface area contributed by atoms with Crippen molar-refractivity contribution in [1.29, 1.82) is 0 Å². The fourth-order valence-corrected chi connectivity index (χ4v) is 4.46. The minimum absolute atomic E-state index is 0.0530. The Hall–Kier alpha value is -2.08. The van der Waals surface area contributed by atoms with E-state index in [4.69, 9.17) is 9.15 Å². The van der Waals surface area contributed by atoms with Crippen LogP contribution < -0.4 is 0 Å². The molecule has 140 valence electrons. The highest BCUT2D eigenvalue weighted by molar-refractivity contribution is 5.93. The zero-order chi connectivity index (χ0) is 18.1. The summed E-state index contributed by atoms with van der Waals surface area (Å²) in [5, 5.41) is 4.67. The van der Waals surface area contributed by atoms with Crippen LogP contribution in [-0.4, -0.2) is 40.8 Å². The Morgan fingerprint density at radius 3 is 2.88 bits per heavy atom. The summed E-state index contributed by atoms with van der Waals surface area (Å²) < 4.78 is 13.1. The molecule has 2 aliphatic rings. The Labute approximate surface area is 154 Å². The van der Waals surface area contributed by atoms with E-state index in [1.54, 1.807) is 13.4 Å². The van der Waals surface area contributed by atoms with Crippen molar-refractivity contribution < 1.29 is 13.9 Å². The number of aromatic nitrogens is 2. The number of ether oxygens (including phenoxy) is 1. The fourth-order valence-electron chi connectivity index (χ4n) is 4.46.